The second-order valence-electron chi connectivity index (χ2n) is 3.76. The molecular weight excluding hydrogens is 224 g/mol. The SMILES string of the molecule is COC(=O)C1(CCc2ccc(OC)cc2)OO1. The fraction of sp³-hybridized carbons (Fsp3) is 0.417. The third-order valence-corrected chi connectivity index (χ3v) is 2.68. The van der Waals surface area contributed by atoms with Crippen molar-refractivity contribution in [2.45, 2.75) is 18.6 Å². The number of aryl methyl sites for hydroxylation is 1. The van der Waals surface area contributed by atoms with E-state index in [-0.39, 0.29) is 0 Å². The molecule has 1 aromatic rings. The number of ether oxygens (including phenoxy) is 2. The molecular formula is C12H14O5. The molecule has 1 saturated heterocycles. The molecule has 0 radical (unpaired) electrons. The van der Waals surface area contributed by atoms with Gasteiger partial charge < -0.3 is 9.47 Å². The molecule has 0 N–H and O–H groups in total. The second-order valence-corrected chi connectivity index (χ2v) is 3.76. The van der Waals surface area contributed by atoms with E-state index in [9.17, 15) is 4.79 Å². The smallest absolute Gasteiger partial charge is 0.372 e. The first kappa shape index (κ1) is 11.9. The first-order valence-corrected chi connectivity index (χ1v) is 5.28. The van der Waals surface area contributed by atoms with Gasteiger partial charge in [-0.1, -0.05) is 12.1 Å². The maximum atomic E-state index is 11.3. The van der Waals surface area contributed by atoms with Crippen molar-refractivity contribution in [1.29, 1.82) is 0 Å². The highest BCUT2D eigenvalue weighted by molar-refractivity contribution is 5.79. The van der Waals surface area contributed by atoms with E-state index >= 15 is 0 Å². The first-order valence-electron chi connectivity index (χ1n) is 5.28. The number of benzene rings is 1. The molecule has 5 heteroatoms. The van der Waals surface area contributed by atoms with Crippen LogP contribution in [0.2, 0.25) is 0 Å². The molecule has 1 aliphatic heterocycles. The molecule has 0 saturated carbocycles. The van der Waals surface area contributed by atoms with Crippen molar-refractivity contribution >= 4 is 5.97 Å². The Kier molecular flexibility index (Phi) is 3.31. The Labute approximate surface area is 99.2 Å². The van der Waals surface area contributed by atoms with Gasteiger partial charge in [0.25, 0.3) is 0 Å². The largest absolute Gasteiger partial charge is 0.497 e. The maximum Gasteiger partial charge on any atom is 0.372 e. The van der Waals surface area contributed by atoms with E-state index in [4.69, 9.17) is 14.5 Å². The van der Waals surface area contributed by atoms with E-state index in [1.807, 2.05) is 24.3 Å². The third-order valence-electron chi connectivity index (χ3n) is 2.68. The van der Waals surface area contributed by atoms with E-state index in [1.165, 1.54) is 7.11 Å². The summed E-state index contributed by atoms with van der Waals surface area (Å²) in [7, 11) is 2.93. The quantitative estimate of drug-likeness (QED) is 0.441. The Morgan fingerprint density at radius 1 is 1.24 bits per heavy atom. The summed E-state index contributed by atoms with van der Waals surface area (Å²) in [5.41, 5.74) is 1.08. The summed E-state index contributed by atoms with van der Waals surface area (Å²) in [6.45, 7) is 0. The highest BCUT2D eigenvalue weighted by Crippen LogP contribution is 2.35. The molecule has 0 spiro atoms. The average molecular weight is 238 g/mol. The Morgan fingerprint density at radius 2 is 1.88 bits per heavy atom. The lowest BCUT2D eigenvalue weighted by Crippen LogP contribution is -2.26. The van der Waals surface area contributed by atoms with E-state index in [2.05, 4.69) is 4.74 Å². The molecule has 0 unspecified atom stereocenters. The van der Waals surface area contributed by atoms with Crippen molar-refractivity contribution in [3.05, 3.63) is 29.8 Å². The van der Waals surface area contributed by atoms with Crippen LogP contribution >= 0.6 is 0 Å². The molecule has 17 heavy (non-hydrogen) atoms. The van der Waals surface area contributed by atoms with Gasteiger partial charge in [-0.05, 0) is 24.1 Å². The molecule has 92 valence electrons. The molecule has 1 aliphatic rings. The zero-order chi connectivity index (χ0) is 12.3. The number of esters is 1. The van der Waals surface area contributed by atoms with E-state index in [0.29, 0.717) is 12.8 Å². The van der Waals surface area contributed by atoms with Gasteiger partial charge in [0.15, 0.2) is 0 Å². The van der Waals surface area contributed by atoms with Gasteiger partial charge in [-0.25, -0.2) is 4.79 Å². The molecule has 5 nitrogen and oxygen atoms in total. The van der Waals surface area contributed by atoms with Gasteiger partial charge >= 0.3 is 11.8 Å². The van der Waals surface area contributed by atoms with Crippen molar-refractivity contribution in [1.82, 2.24) is 0 Å². The molecule has 0 amide bonds. The van der Waals surface area contributed by atoms with E-state index in [0.717, 1.165) is 11.3 Å². The fourth-order valence-electron chi connectivity index (χ4n) is 1.56. The van der Waals surface area contributed by atoms with Crippen LogP contribution in [-0.4, -0.2) is 26.0 Å². The summed E-state index contributed by atoms with van der Waals surface area (Å²) in [6, 6.07) is 7.61. The van der Waals surface area contributed by atoms with Gasteiger partial charge in [0.2, 0.25) is 0 Å². The lowest BCUT2D eigenvalue weighted by atomic mass is 10.1. The molecule has 0 atom stereocenters. The zero-order valence-electron chi connectivity index (χ0n) is 9.76. The predicted molar refractivity (Wildman–Crippen MR) is 58.2 cm³/mol. The number of carbonyl (C=O) groups excluding carboxylic acids is 1. The third kappa shape index (κ3) is 2.57. The van der Waals surface area contributed by atoms with Crippen LogP contribution in [-0.2, 0) is 25.7 Å². The molecule has 0 aliphatic carbocycles. The van der Waals surface area contributed by atoms with Crippen LogP contribution in [0, 0.1) is 0 Å². The number of carbonyl (C=O) groups is 1. The topological polar surface area (TPSA) is 60.6 Å². The van der Waals surface area contributed by atoms with Crippen LogP contribution in [0.5, 0.6) is 5.75 Å². The van der Waals surface area contributed by atoms with Crippen LogP contribution < -0.4 is 4.74 Å². The Bertz CT molecular complexity index is 394. The molecule has 1 fully saturated rings. The fourth-order valence-corrected chi connectivity index (χ4v) is 1.56. The molecule has 0 aromatic heterocycles. The van der Waals surface area contributed by atoms with Crippen LogP contribution in [0.1, 0.15) is 12.0 Å². The first-order chi connectivity index (χ1) is 8.20. The monoisotopic (exact) mass is 238 g/mol. The summed E-state index contributed by atoms with van der Waals surface area (Å²) >= 11 is 0. The molecule has 2 rings (SSSR count). The Morgan fingerprint density at radius 3 is 2.35 bits per heavy atom. The average Bonchev–Trinajstić information content (AvgIpc) is 3.17. The lowest BCUT2D eigenvalue weighted by Gasteiger charge is -2.06. The minimum absolute atomic E-state index is 0.437. The highest BCUT2D eigenvalue weighted by Gasteiger charge is 2.57. The Hall–Kier alpha value is -1.59. The molecule has 1 heterocycles. The predicted octanol–water partition coefficient (Wildman–Crippen LogP) is 1.46. The van der Waals surface area contributed by atoms with Crippen LogP contribution in [0.4, 0.5) is 0 Å². The van der Waals surface area contributed by atoms with Gasteiger partial charge in [0.05, 0.1) is 14.2 Å². The van der Waals surface area contributed by atoms with Crippen LogP contribution in [0.3, 0.4) is 0 Å². The number of rotatable bonds is 5. The van der Waals surface area contributed by atoms with Crippen molar-refractivity contribution < 1.29 is 24.0 Å². The highest BCUT2D eigenvalue weighted by atomic mass is 17.4. The van der Waals surface area contributed by atoms with Crippen LogP contribution in [0.25, 0.3) is 0 Å². The lowest BCUT2D eigenvalue weighted by molar-refractivity contribution is -0.148. The van der Waals surface area contributed by atoms with Crippen molar-refractivity contribution in [3.8, 4) is 5.75 Å². The van der Waals surface area contributed by atoms with E-state index < -0.39 is 11.8 Å². The van der Waals surface area contributed by atoms with Crippen molar-refractivity contribution in [2.24, 2.45) is 0 Å². The Balaban J connectivity index is 1.91. The van der Waals surface area contributed by atoms with Gasteiger partial charge in [-0.15, -0.1) is 0 Å². The van der Waals surface area contributed by atoms with E-state index in [1.54, 1.807) is 7.11 Å². The van der Waals surface area contributed by atoms with Gasteiger partial charge in [0.1, 0.15) is 5.75 Å². The van der Waals surface area contributed by atoms with Crippen molar-refractivity contribution in [3.63, 3.8) is 0 Å². The number of hydrogen-bond acceptors (Lipinski definition) is 5. The van der Waals surface area contributed by atoms with Gasteiger partial charge in [-0.3, -0.25) is 0 Å². The number of methoxy groups -OCH3 is 2. The van der Waals surface area contributed by atoms with Crippen LogP contribution in [0.15, 0.2) is 24.3 Å². The summed E-state index contributed by atoms with van der Waals surface area (Å²) in [6.07, 6.45) is 1.10. The number of hydrogen-bond donors (Lipinski definition) is 0. The zero-order valence-corrected chi connectivity index (χ0v) is 9.76. The summed E-state index contributed by atoms with van der Waals surface area (Å²) in [5, 5.41) is 0. The minimum atomic E-state index is -1.19. The second kappa shape index (κ2) is 4.73. The summed E-state index contributed by atoms with van der Waals surface area (Å²) in [4.78, 5) is 20.8. The molecule has 0 bridgehead atoms. The van der Waals surface area contributed by atoms with Crippen molar-refractivity contribution in [2.75, 3.05) is 14.2 Å². The molecule has 1 aromatic carbocycles. The summed E-state index contributed by atoms with van der Waals surface area (Å²) < 4.78 is 9.65. The normalized spacial score (nSPS) is 16.4. The van der Waals surface area contributed by atoms with Gasteiger partial charge in [0, 0.05) is 6.42 Å². The van der Waals surface area contributed by atoms with Gasteiger partial charge in [-0.2, -0.15) is 9.78 Å². The standard InChI is InChI=1S/C12H14O5/c1-14-10-5-3-9(4-6-10)7-8-12(16-17-12)11(13)15-2/h3-6H,7-8H2,1-2H3. The maximum absolute atomic E-state index is 11.3. The minimum Gasteiger partial charge on any atom is -0.497 e. The summed E-state index contributed by atoms with van der Waals surface area (Å²) in [5.74, 6) is -0.879.